The largest absolute Gasteiger partial charge is 0.383 e. The van der Waals surface area contributed by atoms with Crippen molar-refractivity contribution >= 4 is 5.69 Å². The molecule has 0 unspecified atom stereocenters. The van der Waals surface area contributed by atoms with Gasteiger partial charge in [-0.05, 0) is 38.5 Å². The number of hydrogen-bond donors (Lipinski definition) is 1. The van der Waals surface area contributed by atoms with Crippen LogP contribution in [0.5, 0.6) is 0 Å². The molecule has 0 aliphatic carbocycles. The van der Waals surface area contributed by atoms with Crippen molar-refractivity contribution in [2.75, 3.05) is 18.5 Å². The van der Waals surface area contributed by atoms with Gasteiger partial charge in [-0.3, -0.25) is 4.98 Å². The molecule has 1 aromatic carbocycles. The maximum Gasteiger partial charge on any atom is 0.0939 e. The van der Waals surface area contributed by atoms with Gasteiger partial charge in [0.2, 0.25) is 0 Å². The summed E-state index contributed by atoms with van der Waals surface area (Å²) in [5, 5.41) is 3.42. The van der Waals surface area contributed by atoms with Gasteiger partial charge < -0.3 is 10.1 Å². The second-order valence-electron chi connectivity index (χ2n) is 4.88. The molecule has 1 radical (unpaired) electrons. The lowest BCUT2D eigenvalue weighted by Crippen LogP contribution is -2.10. The second-order valence-corrected chi connectivity index (χ2v) is 4.88. The molecule has 2 aromatic rings. The summed E-state index contributed by atoms with van der Waals surface area (Å²) in [5.41, 5.74) is 2.99. The van der Waals surface area contributed by atoms with Gasteiger partial charge in [0.15, 0.2) is 0 Å². The van der Waals surface area contributed by atoms with Gasteiger partial charge in [-0.25, -0.2) is 0 Å². The number of hydrogen-bond acceptors (Lipinski definition) is 3. The Morgan fingerprint density at radius 1 is 1.25 bits per heavy atom. The summed E-state index contributed by atoms with van der Waals surface area (Å²) in [5.74, 6) is 0. The minimum absolute atomic E-state index is 0.294. The fourth-order valence-electron chi connectivity index (χ4n) is 1.92. The van der Waals surface area contributed by atoms with E-state index in [9.17, 15) is 0 Å². The van der Waals surface area contributed by atoms with Crippen molar-refractivity contribution in [3.63, 3.8) is 0 Å². The molecule has 3 nitrogen and oxygen atoms in total. The molecule has 0 atom stereocenters. The van der Waals surface area contributed by atoms with Gasteiger partial charge in [-0.2, -0.15) is 0 Å². The van der Waals surface area contributed by atoms with Crippen molar-refractivity contribution < 1.29 is 4.74 Å². The Hall–Kier alpha value is -1.87. The van der Waals surface area contributed by atoms with Crippen LogP contribution in [0.4, 0.5) is 5.69 Å². The molecule has 2 rings (SSSR count). The van der Waals surface area contributed by atoms with E-state index >= 15 is 0 Å². The van der Waals surface area contributed by atoms with Crippen molar-refractivity contribution in [2.24, 2.45) is 0 Å². The minimum Gasteiger partial charge on any atom is -0.383 e. The highest BCUT2D eigenvalue weighted by Gasteiger charge is 2.05. The van der Waals surface area contributed by atoms with Crippen molar-refractivity contribution in [1.29, 1.82) is 0 Å². The number of nitrogens with zero attached hydrogens (tertiary/aromatic N) is 1. The third kappa shape index (κ3) is 4.35. The first-order chi connectivity index (χ1) is 9.77. The summed E-state index contributed by atoms with van der Waals surface area (Å²) >= 11 is 0. The summed E-state index contributed by atoms with van der Waals surface area (Å²) in [7, 11) is 0. The number of aromatic nitrogens is 1. The molecule has 0 aliphatic rings. The second kappa shape index (κ2) is 7.65. The fourth-order valence-corrected chi connectivity index (χ4v) is 1.92. The lowest BCUT2D eigenvalue weighted by molar-refractivity contribution is 0.0787. The Kier molecular flexibility index (Phi) is 5.56. The maximum absolute atomic E-state index is 5.53. The van der Waals surface area contributed by atoms with Crippen LogP contribution in [0.1, 0.15) is 20.3 Å². The van der Waals surface area contributed by atoms with E-state index in [0.29, 0.717) is 6.10 Å². The molecule has 0 fully saturated rings. The molecular formula is C17H21N2O. The van der Waals surface area contributed by atoms with E-state index in [2.05, 4.69) is 30.2 Å². The molecule has 1 heterocycles. The highest BCUT2D eigenvalue weighted by molar-refractivity contribution is 5.73. The zero-order valence-corrected chi connectivity index (χ0v) is 12.1. The van der Waals surface area contributed by atoms with E-state index in [0.717, 1.165) is 36.5 Å². The van der Waals surface area contributed by atoms with Crippen LogP contribution in [0.25, 0.3) is 11.3 Å². The Morgan fingerprint density at radius 3 is 2.90 bits per heavy atom. The zero-order chi connectivity index (χ0) is 14.2. The first-order valence-corrected chi connectivity index (χ1v) is 7.05. The lowest BCUT2D eigenvalue weighted by Gasteiger charge is -2.12. The highest BCUT2D eigenvalue weighted by atomic mass is 16.5. The van der Waals surface area contributed by atoms with Gasteiger partial charge in [-0.15, -0.1) is 0 Å². The van der Waals surface area contributed by atoms with Crippen LogP contribution in [0.15, 0.2) is 42.6 Å². The molecule has 0 bridgehead atoms. The Balaban J connectivity index is 1.95. The van der Waals surface area contributed by atoms with Gasteiger partial charge in [0.25, 0.3) is 0 Å². The molecule has 0 spiro atoms. The molecule has 1 N–H and O–H groups in total. The first kappa shape index (κ1) is 14.5. The van der Waals surface area contributed by atoms with Crippen molar-refractivity contribution in [3.8, 4) is 11.3 Å². The minimum atomic E-state index is 0.294. The van der Waals surface area contributed by atoms with Crippen LogP contribution in [0.2, 0.25) is 0 Å². The molecule has 0 saturated heterocycles. The summed E-state index contributed by atoms with van der Waals surface area (Å²) in [6.07, 6.45) is 3.08. The molecule has 105 valence electrons. The normalized spacial score (nSPS) is 10.8. The van der Waals surface area contributed by atoms with Gasteiger partial charge in [0.1, 0.15) is 0 Å². The lowest BCUT2D eigenvalue weighted by atomic mass is 10.1. The van der Waals surface area contributed by atoms with Crippen LogP contribution in [-0.4, -0.2) is 24.2 Å². The van der Waals surface area contributed by atoms with E-state index in [1.54, 1.807) is 0 Å². The van der Waals surface area contributed by atoms with Gasteiger partial charge in [0.05, 0.1) is 17.5 Å². The van der Waals surface area contributed by atoms with E-state index in [1.807, 2.05) is 42.6 Å². The topological polar surface area (TPSA) is 34.1 Å². The van der Waals surface area contributed by atoms with Crippen LogP contribution in [0, 0.1) is 6.07 Å². The van der Waals surface area contributed by atoms with Crippen LogP contribution < -0.4 is 5.32 Å². The third-order valence-corrected chi connectivity index (χ3v) is 2.86. The van der Waals surface area contributed by atoms with Crippen molar-refractivity contribution in [3.05, 3.63) is 48.7 Å². The average Bonchev–Trinajstić information content (AvgIpc) is 2.48. The first-order valence-electron chi connectivity index (χ1n) is 7.05. The van der Waals surface area contributed by atoms with Crippen LogP contribution in [-0.2, 0) is 4.74 Å². The Labute approximate surface area is 121 Å². The smallest absolute Gasteiger partial charge is 0.0939 e. The quantitative estimate of drug-likeness (QED) is 0.777. The molecule has 3 heteroatoms. The summed E-state index contributed by atoms with van der Waals surface area (Å²) in [6.45, 7) is 5.76. The number of ether oxygens (including phenoxy) is 1. The third-order valence-electron chi connectivity index (χ3n) is 2.86. The van der Waals surface area contributed by atoms with Crippen molar-refractivity contribution in [2.45, 2.75) is 26.4 Å². The number of pyridine rings is 1. The monoisotopic (exact) mass is 269 g/mol. The van der Waals surface area contributed by atoms with E-state index in [4.69, 9.17) is 4.74 Å². The van der Waals surface area contributed by atoms with Crippen molar-refractivity contribution in [1.82, 2.24) is 4.98 Å². The SMILES string of the molecule is CC(C)OCCCNc1cccnc1-c1[c]cccc1. The molecular weight excluding hydrogens is 248 g/mol. The Bertz CT molecular complexity index is 511. The van der Waals surface area contributed by atoms with E-state index < -0.39 is 0 Å². The summed E-state index contributed by atoms with van der Waals surface area (Å²) < 4.78 is 5.53. The molecule has 0 aliphatic heterocycles. The van der Waals surface area contributed by atoms with Gasteiger partial charge >= 0.3 is 0 Å². The number of benzene rings is 1. The molecule has 20 heavy (non-hydrogen) atoms. The molecule has 1 aromatic heterocycles. The molecule has 0 amide bonds. The van der Waals surface area contributed by atoms with Gasteiger partial charge in [-0.1, -0.05) is 24.3 Å². The number of nitrogens with one attached hydrogen (secondary N) is 1. The summed E-state index contributed by atoms with van der Waals surface area (Å²) in [6, 6.07) is 15.1. The van der Waals surface area contributed by atoms with Gasteiger partial charge in [0, 0.05) is 24.9 Å². The number of rotatable bonds is 7. The highest BCUT2D eigenvalue weighted by Crippen LogP contribution is 2.24. The Morgan fingerprint density at radius 2 is 2.15 bits per heavy atom. The standard InChI is InChI=1S/C17H21N2O/c1-14(2)20-13-7-12-18-16-10-6-11-19-17(16)15-8-4-3-5-9-15/h3-6,8,10-11,14,18H,7,12-13H2,1-2H3. The average molecular weight is 269 g/mol. The van der Waals surface area contributed by atoms with E-state index in [-0.39, 0.29) is 0 Å². The number of anilines is 1. The predicted molar refractivity (Wildman–Crippen MR) is 82.7 cm³/mol. The fraction of sp³-hybridized carbons (Fsp3) is 0.353. The molecule has 0 saturated carbocycles. The summed E-state index contributed by atoms with van der Waals surface area (Å²) in [4.78, 5) is 4.45. The predicted octanol–water partition coefficient (Wildman–Crippen LogP) is 3.78. The van der Waals surface area contributed by atoms with Crippen LogP contribution in [0.3, 0.4) is 0 Å². The zero-order valence-electron chi connectivity index (χ0n) is 12.1. The van der Waals surface area contributed by atoms with Crippen LogP contribution >= 0.6 is 0 Å². The van der Waals surface area contributed by atoms with E-state index in [1.165, 1.54) is 0 Å². The maximum atomic E-state index is 5.53.